The number of carbonyl (C=O) groups excluding carboxylic acids is 1. The first-order valence-electron chi connectivity index (χ1n) is 9.24. The monoisotopic (exact) mass is 364 g/mol. The molecule has 1 aliphatic rings. The van der Waals surface area contributed by atoms with Crippen molar-refractivity contribution in [2.45, 2.75) is 38.3 Å². The van der Waals surface area contributed by atoms with Gasteiger partial charge in [-0.3, -0.25) is 14.5 Å². The second-order valence-electron chi connectivity index (χ2n) is 6.81. The van der Waals surface area contributed by atoms with Crippen molar-refractivity contribution in [2.24, 2.45) is 0 Å². The molecule has 6 heteroatoms. The van der Waals surface area contributed by atoms with Crippen LogP contribution >= 0.6 is 0 Å². The van der Waals surface area contributed by atoms with Gasteiger partial charge in [-0.05, 0) is 49.2 Å². The number of halogens is 1. The standard InChI is InChI=1S/C21H21FN4O/c22-16-7-5-6-15(12-16)21(27)24-14-17-13-20(19-10-3-4-11-23-19)26(25-17)18-8-1-2-9-18/h3-7,10-13,18H,1-2,8-9,14H2,(H,24,27). The Kier molecular flexibility index (Phi) is 4.96. The Morgan fingerprint density at radius 2 is 2.00 bits per heavy atom. The Morgan fingerprint density at radius 3 is 2.74 bits per heavy atom. The van der Waals surface area contributed by atoms with E-state index in [0.29, 0.717) is 11.6 Å². The van der Waals surface area contributed by atoms with Gasteiger partial charge in [0.05, 0.1) is 29.7 Å². The first-order chi connectivity index (χ1) is 13.2. The molecule has 4 rings (SSSR count). The summed E-state index contributed by atoms with van der Waals surface area (Å²) in [6.45, 7) is 0.287. The van der Waals surface area contributed by atoms with Gasteiger partial charge in [-0.1, -0.05) is 25.0 Å². The molecule has 0 unspecified atom stereocenters. The number of carbonyl (C=O) groups is 1. The number of nitrogens with zero attached hydrogens (tertiary/aromatic N) is 3. The smallest absolute Gasteiger partial charge is 0.251 e. The van der Waals surface area contributed by atoms with Gasteiger partial charge in [0.25, 0.3) is 5.91 Å². The molecular weight excluding hydrogens is 343 g/mol. The second kappa shape index (κ2) is 7.70. The molecular formula is C21H21FN4O. The summed E-state index contributed by atoms with van der Waals surface area (Å²) < 4.78 is 15.4. The Hall–Kier alpha value is -3.02. The second-order valence-corrected chi connectivity index (χ2v) is 6.81. The Bertz CT molecular complexity index is 932. The van der Waals surface area contributed by atoms with Crippen LogP contribution in [0.1, 0.15) is 47.8 Å². The van der Waals surface area contributed by atoms with E-state index in [-0.39, 0.29) is 12.5 Å². The first-order valence-corrected chi connectivity index (χ1v) is 9.24. The molecule has 0 atom stereocenters. The zero-order valence-electron chi connectivity index (χ0n) is 14.9. The van der Waals surface area contributed by atoms with Crippen LogP contribution in [-0.2, 0) is 6.54 Å². The Labute approximate surface area is 157 Å². The van der Waals surface area contributed by atoms with E-state index in [1.165, 1.54) is 31.0 Å². The molecule has 1 aromatic carbocycles. The highest BCUT2D eigenvalue weighted by molar-refractivity contribution is 5.94. The van der Waals surface area contributed by atoms with Gasteiger partial charge in [0, 0.05) is 11.8 Å². The molecule has 0 bridgehead atoms. The van der Waals surface area contributed by atoms with Crippen molar-refractivity contribution in [3.05, 3.63) is 71.8 Å². The van der Waals surface area contributed by atoms with E-state index in [0.717, 1.165) is 29.9 Å². The number of nitrogens with one attached hydrogen (secondary N) is 1. The molecule has 2 aromatic heterocycles. The molecule has 1 saturated carbocycles. The number of hydrogen-bond acceptors (Lipinski definition) is 3. The molecule has 27 heavy (non-hydrogen) atoms. The van der Waals surface area contributed by atoms with Gasteiger partial charge < -0.3 is 5.32 Å². The Balaban J connectivity index is 1.55. The van der Waals surface area contributed by atoms with Crippen molar-refractivity contribution in [3.8, 4) is 11.4 Å². The van der Waals surface area contributed by atoms with Crippen molar-refractivity contribution in [1.82, 2.24) is 20.1 Å². The van der Waals surface area contributed by atoms with Crippen LogP contribution in [0.2, 0.25) is 0 Å². The van der Waals surface area contributed by atoms with Gasteiger partial charge in [-0.2, -0.15) is 5.10 Å². The quantitative estimate of drug-likeness (QED) is 0.740. The number of amides is 1. The van der Waals surface area contributed by atoms with E-state index in [1.54, 1.807) is 12.3 Å². The summed E-state index contributed by atoms with van der Waals surface area (Å²) in [5.74, 6) is -0.741. The molecule has 1 N–H and O–H groups in total. The Morgan fingerprint density at radius 1 is 1.15 bits per heavy atom. The molecule has 0 saturated heterocycles. The molecule has 138 valence electrons. The predicted octanol–water partition coefficient (Wildman–Crippen LogP) is 4.13. The zero-order chi connectivity index (χ0) is 18.6. The van der Waals surface area contributed by atoms with E-state index >= 15 is 0 Å². The molecule has 0 aliphatic heterocycles. The minimum Gasteiger partial charge on any atom is -0.346 e. The third-order valence-corrected chi connectivity index (χ3v) is 4.90. The summed E-state index contributed by atoms with van der Waals surface area (Å²) in [5, 5.41) is 7.56. The number of rotatable bonds is 5. The predicted molar refractivity (Wildman–Crippen MR) is 101 cm³/mol. The largest absolute Gasteiger partial charge is 0.346 e. The highest BCUT2D eigenvalue weighted by atomic mass is 19.1. The molecule has 2 heterocycles. The lowest BCUT2D eigenvalue weighted by Crippen LogP contribution is -2.23. The average molecular weight is 364 g/mol. The van der Waals surface area contributed by atoms with Gasteiger partial charge in [-0.15, -0.1) is 0 Å². The molecule has 3 aromatic rings. The van der Waals surface area contributed by atoms with Crippen LogP contribution in [0.5, 0.6) is 0 Å². The van der Waals surface area contributed by atoms with Crippen LogP contribution in [0, 0.1) is 5.82 Å². The van der Waals surface area contributed by atoms with E-state index in [4.69, 9.17) is 5.10 Å². The maximum absolute atomic E-state index is 13.3. The van der Waals surface area contributed by atoms with Crippen molar-refractivity contribution in [2.75, 3.05) is 0 Å². The van der Waals surface area contributed by atoms with Crippen LogP contribution in [0.4, 0.5) is 4.39 Å². The van der Waals surface area contributed by atoms with Crippen LogP contribution < -0.4 is 5.32 Å². The lowest BCUT2D eigenvalue weighted by atomic mass is 10.2. The van der Waals surface area contributed by atoms with Gasteiger partial charge >= 0.3 is 0 Å². The fourth-order valence-corrected chi connectivity index (χ4v) is 3.57. The summed E-state index contributed by atoms with van der Waals surface area (Å²) in [4.78, 5) is 16.7. The molecule has 1 aliphatic carbocycles. The minimum absolute atomic E-state index is 0.287. The number of hydrogen-bond donors (Lipinski definition) is 1. The third-order valence-electron chi connectivity index (χ3n) is 4.90. The van der Waals surface area contributed by atoms with Crippen LogP contribution in [-0.4, -0.2) is 20.7 Å². The summed E-state index contributed by atoms with van der Waals surface area (Å²) in [7, 11) is 0. The third kappa shape index (κ3) is 3.89. The summed E-state index contributed by atoms with van der Waals surface area (Å²) in [6, 6.07) is 13.8. The molecule has 1 fully saturated rings. The van der Waals surface area contributed by atoms with E-state index < -0.39 is 5.82 Å². The van der Waals surface area contributed by atoms with Crippen molar-refractivity contribution < 1.29 is 9.18 Å². The van der Waals surface area contributed by atoms with Crippen LogP contribution in [0.3, 0.4) is 0 Å². The van der Waals surface area contributed by atoms with E-state index in [2.05, 4.69) is 15.0 Å². The maximum atomic E-state index is 13.3. The maximum Gasteiger partial charge on any atom is 0.251 e. The highest BCUT2D eigenvalue weighted by Crippen LogP contribution is 2.33. The van der Waals surface area contributed by atoms with Crippen molar-refractivity contribution in [3.63, 3.8) is 0 Å². The van der Waals surface area contributed by atoms with E-state index in [9.17, 15) is 9.18 Å². The van der Waals surface area contributed by atoms with Gasteiger partial charge in [0.15, 0.2) is 0 Å². The summed E-state index contributed by atoms with van der Waals surface area (Å²) >= 11 is 0. The normalized spacial score (nSPS) is 14.4. The molecule has 0 spiro atoms. The topological polar surface area (TPSA) is 59.8 Å². The average Bonchev–Trinajstić information content (AvgIpc) is 3.36. The van der Waals surface area contributed by atoms with Crippen molar-refractivity contribution in [1.29, 1.82) is 0 Å². The number of benzene rings is 1. The number of aromatic nitrogens is 3. The molecule has 5 nitrogen and oxygen atoms in total. The highest BCUT2D eigenvalue weighted by Gasteiger charge is 2.22. The van der Waals surface area contributed by atoms with Crippen molar-refractivity contribution >= 4 is 5.91 Å². The lowest BCUT2D eigenvalue weighted by Gasteiger charge is -2.13. The molecule has 1 amide bonds. The van der Waals surface area contributed by atoms with Gasteiger partial charge in [0.1, 0.15) is 5.82 Å². The minimum atomic E-state index is -0.425. The number of pyridine rings is 1. The van der Waals surface area contributed by atoms with Gasteiger partial charge in [0.2, 0.25) is 0 Å². The van der Waals surface area contributed by atoms with Gasteiger partial charge in [-0.25, -0.2) is 4.39 Å². The zero-order valence-corrected chi connectivity index (χ0v) is 14.9. The van der Waals surface area contributed by atoms with Crippen LogP contribution in [0.15, 0.2) is 54.7 Å². The molecule has 0 radical (unpaired) electrons. The fourth-order valence-electron chi connectivity index (χ4n) is 3.57. The van der Waals surface area contributed by atoms with Crippen LogP contribution in [0.25, 0.3) is 11.4 Å². The first kappa shape index (κ1) is 17.4. The van der Waals surface area contributed by atoms with E-state index in [1.807, 2.05) is 24.3 Å². The summed E-state index contributed by atoms with van der Waals surface area (Å²) in [6.07, 6.45) is 6.40. The SMILES string of the molecule is O=C(NCc1cc(-c2ccccn2)n(C2CCCC2)n1)c1cccc(F)c1. The lowest BCUT2D eigenvalue weighted by molar-refractivity contribution is 0.0950. The summed E-state index contributed by atoms with van der Waals surface area (Å²) in [5.41, 5.74) is 2.92. The fraction of sp³-hybridized carbons (Fsp3) is 0.286.